The lowest BCUT2D eigenvalue weighted by molar-refractivity contribution is 1.18. The predicted molar refractivity (Wildman–Crippen MR) is 254 cm³/mol. The number of hydrogen-bond donors (Lipinski definition) is 0. The van der Waals surface area contributed by atoms with Crippen LogP contribution in [0.2, 0.25) is 0 Å². The number of pyridine rings is 1. The minimum Gasteiger partial charge on any atom is -0.309 e. The van der Waals surface area contributed by atoms with Crippen molar-refractivity contribution in [1.29, 1.82) is 0 Å². The Balaban J connectivity index is 1.09. The van der Waals surface area contributed by atoms with Crippen molar-refractivity contribution in [2.24, 2.45) is 0 Å². The summed E-state index contributed by atoms with van der Waals surface area (Å²) in [7, 11) is 0. The van der Waals surface area contributed by atoms with E-state index in [0.29, 0.717) is 5.82 Å². The standard InChI is InChI=1S/C57H36N4/c1-4-16-39(17-5-1)49-36-50(59-57(58-49)41-18-6-2-7-19-41)40-30-28-38(29-31-40)45-24-14-25-47-53-48(55(60-56(45)47)43-32-27-37-15-10-11-20-42(37)35-43)33-34-52-54(53)46-23-12-13-26-51(46)61(52)44-21-8-3-9-22-44/h1-36H. The second-order valence-electron chi connectivity index (χ2n) is 15.6. The Morgan fingerprint density at radius 1 is 0.328 bits per heavy atom. The van der Waals surface area contributed by atoms with Gasteiger partial charge in [0.1, 0.15) is 0 Å². The molecule has 0 spiro atoms. The molecule has 0 saturated carbocycles. The van der Waals surface area contributed by atoms with Gasteiger partial charge in [-0.3, -0.25) is 0 Å². The van der Waals surface area contributed by atoms with Crippen molar-refractivity contribution in [3.8, 4) is 62.0 Å². The molecule has 0 saturated heterocycles. The van der Waals surface area contributed by atoms with Gasteiger partial charge in [0.15, 0.2) is 5.82 Å². The van der Waals surface area contributed by atoms with E-state index in [9.17, 15) is 0 Å². The highest BCUT2D eigenvalue weighted by Gasteiger charge is 2.21. The average molecular weight is 777 g/mol. The van der Waals surface area contributed by atoms with Crippen LogP contribution in [-0.4, -0.2) is 19.5 Å². The molecule has 0 aliphatic heterocycles. The number of rotatable bonds is 6. The van der Waals surface area contributed by atoms with Crippen LogP contribution in [-0.2, 0) is 0 Å². The van der Waals surface area contributed by atoms with Gasteiger partial charge in [-0.05, 0) is 52.7 Å². The summed E-state index contributed by atoms with van der Waals surface area (Å²) in [6, 6.07) is 77.3. The van der Waals surface area contributed by atoms with Crippen LogP contribution < -0.4 is 0 Å². The lowest BCUT2D eigenvalue weighted by atomic mass is 9.92. The molecule has 0 atom stereocenters. The Hall–Kier alpha value is -8.21. The van der Waals surface area contributed by atoms with Gasteiger partial charge in [-0.15, -0.1) is 0 Å². The highest BCUT2D eigenvalue weighted by molar-refractivity contribution is 6.30. The minimum absolute atomic E-state index is 0.701. The Labute approximate surface area is 352 Å². The smallest absolute Gasteiger partial charge is 0.160 e. The molecule has 3 heterocycles. The highest BCUT2D eigenvalue weighted by Crippen LogP contribution is 2.44. The van der Waals surface area contributed by atoms with E-state index in [1.807, 2.05) is 36.4 Å². The molecular weight excluding hydrogens is 741 g/mol. The Morgan fingerprint density at radius 2 is 0.934 bits per heavy atom. The summed E-state index contributed by atoms with van der Waals surface area (Å²) in [6.45, 7) is 0. The SMILES string of the molecule is c1ccc(-c2cc(-c3ccc(-c4cccc5c4nc(-c4ccc6ccccc6c4)c4ccc6c(c7ccccc7n6-c6ccccc6)c45)cc3)nc(-c3ccccc3)n2)cc1. The van der Waals surface area contributed by atoms with Gasteiger partial charge in [-0.25, -0.2) is 15.0 Å². The molecule has 0 N–H and O–H groups in total. The first-order valence-electron chi connectivity index (χ1n) is 20.7. The summed E-state index contributed by atoms with van der Waals surface area (Å²) >= 11 is 0. The van der Waals surface area contributed by atoms with Crippen LogP contribution in [0.5, 0.6) is 0 Å². The van der Waals surface area contributed by atoms with Gasteiger partial charge in [0.25, 0.3) is 0 Å². The average Bonchev–Trinajstić information content (AvgIpc) is 3.68. The molecule has 284 valence electrons. The van der Waals surface area contributed by atoms with E-state index in [2.05, 4.69) is 187 Å². The van der Waals surface area contributed by atoms with Crippen LogP contribution in [0.15, 0.2) is 218 Å². The van der Waals surface area contributed by atoms with Gasteiger partial charge >= 0.3 is 0 Å². The first-order chi connectivity index (χ1) is 30.2. The highest BCUT2D eigenvalue weighted by atomic mass is 15.0. The van der Waals surface area contributed by atoms with E-state index in [0.717, 1.165) is 72.4 Å². The van der Waals surface area contributed by atoms with Crippen LogP contribution in [0.3, 0.4) is 0 Å². The van der Waals surface area contributed by atoms with Crippen LogP contribution in [0.1, 0.15) is 0 Å². The molecule has 3 aromatic heterocycles. The van der Waals surface area contributed by atoms with Gasteiger partial charge in [0.05, 0.1) is 33.6 Å². The zero-order valence-corrected chi connectivity index (χ0v) is 33.1. The molecule has 0 unspecified atom stereocenters. The van der Waals surface area contributed by atoms with Crippen molar-refractivity contribution in [3.05, 3.63) is 218 Å². The van der Waals surface area contributed by atoms with Gasteiger partial charge < -0.3 is 4.57 Å². The summed E-state index contributed by atoms with van der Waals surface area (Å²) in [5, 5.41) is 8.30. The second-order valence-corrected chi connectivity index (χ2v) is 15.6. The number of hydrogen-bond acceptors (Lipinski definition) is 3. The van der Waals surface area contributed by atoms with Gasteiger partial charge in [0, 0.05) is 60.4 Å². The van der Waals surface area contributed by atoms with E-state index >= 15 is 0 Å². The number of benzene rings is 9. The first kappa shape index (κ1) is 34.8. The number of aromatic nitrogens is 4. The summed E-state index contributed by atoms with van der Waals surface area (Å²) in [6.07, 6.45) is 0. The van der Waals surface area contributed by atoms with Crippen molar-refractivity contribution < 1.29 is 0 Å². The van der Waals surface area contributed by atoms with Crippen molar-refractivity contribution in [2.75, 3.05) is 0 Å². The fourth-order valence-electron chi connectivity index (χ4n) is 9.11. The maximum absolute atomic E-state index is 5.65. The summed E-state index contributed by atoms with van der Waals surface area (Å²) in [5.74, 6) is 0.701. The van der Waals surface area contributed by atoms with Crippen LogP contribution >= 0.6 is 0 Å². The lowest BCUT2D eigenvalue weighted by Gasteiger charge is -2.15. The van der Waals surface area contributed by atoms with E-state index < -0.39 is 0 Å². The third-order valence-electron chi connectivity index (χ3n) is 12.0. The van der Waals surface area contributed by atoms with Crippen molar-refractivity contribution in [3.63, 3.8) is 0 Å². The Kier molecular flexibility index (Phi) is 8.13. The quantitative estimate of drug-likeness (QED) is 0.158. The Bertz CT molecular complexity index is 3560. The molecule has 0 amide bonds. The van der Waals surface area contributed by atoms with E-state index in [1.54, 1.807) is 0 Å². The molecule has 0 aliphatic carbocycles. The second kappa shape index (κ2) is 14.3. The lowest BCUT2D eigenvalue weighted by Crippen LogP contribution is -1.96. The van der Waals surface area contributed by atoms with E-state index in [4.69, 9.17) is 15.0 Å². The largest absolute Gasteiger partial charge is 0.309 e. The number of nitrogens with zero attached hydrogens (tertiary/aromatic N) is 4. The van der Waals surface area contributed by atoms with E-state index in [-0.39, 0.29) is 0 Å². The summed E-state index contributed by atoms with van der Waals surface area (Å²) in [5.41, 5.74) is 13.5. The molecule has 0 aliphatic rings. The van der Waals surface area contributed by atoms with Crippen LogP contribution in [0.4, 0.5) is 0 Å². The van der Waals surface area contributed by atoms with Crippen LogP contribution in [0, 0.1) is 0 Å². The molecule has 4 heteroatoms. The monoisotopic (exact) mass is 776 g/mol. The van der Waals surface area contributed by atoms with Crippen molar-refractivity contribution in [2.45, 2.75) is 0 Å². The molecular formula is C57H36N4. The molecule has 0 fully saturated rings. The molecule has 61 heavy (non-hydrogen) atoms. The first-order valence-corrected chi connectivity index (χ1v) is 20.7. The predicted octanol–water partition coefficient (Wildman–Crippen LogP) is 14.8. The number of para-hydroxylation sites is 3. The topological polar surface area (TPSA) is 43.6 Å². The fraction of sp³-hybridized carbons (Fsp3) is 0. The zero-order chi connectivity index (χ0) is 40.3. The molecule has 0 bridgehead atoms. The molecule has 0 radical (unpaired) electrons. The Morgan fingerprint density at radius 3 is 1.70 bits per heavy atom. The van der Waals surface area contributed by atoms with E-state index in [1.165, 1.54) is 38.0 Å². The number of fused-ring (bicyclic) bond motifs is 8. The third-order valence-corrected chi connectivity index (χ3v) is 12.0. The van der Waals surface area contributed by atoms with Gasteiger partial charge in [-0.2, -0.15) is 0 Å². The zero-order valence-electron chi connectivity index (χ0n) is 33.1. The molecule has 9 aromatic carbocycles. The van der Waals surface area contributed by atoms with Gasteiger partial charge in [-0.1, -0.05) is 182 Å². The maximum Gasteiger partial charge on any atom is 0.160 e. The normalized spacial score (nSPS) is 11.6. The van der Waals surface area contributed by atoms with Crippen molar-refractivity contribution in [1.82, 2.24) is 19.5 Å². The summed E-state index contributed by atoms with van der Waals surface area (Å²) < 4.78 is 2.40. The van der Waals surface area contributed by atoms with Crippen LogP contribution in [0.25, 0.3) is 116 Å². The van der Waals surface area contributed by atoms with Gasteiger partial charge in [0.2, 0.25) is 0 Å². The minimum atomic E-state index is 0.701. The van der Waals surface area contributed by atoms with Crippen molar-refractivity contribution >= 4 is 54.3 Å². The maximum atomic E-state index is 5.65. The fourth-order valence-corrected chi connectivity index (χ4v) is 9.11. The molecule has 4 nitrogen and oxygen atoms in total. The molecule has 12 rings (SSSR count). The third kappa shape index (κ3) is 5.88. The summed E-state index contributed by atoms with van der Waals surface area (Å²) in [4.78, 5) is 15.8. The molecule has 12 aromatic rings.